The Labute approximate surface area is 170 Å². The zero-order valence-corrected chi connectivity index (χ0v) is 18.2. The summed E-state index contributed by atoms with van der Waals surface area (Å²) in [5.41, 5.74) is 0.636. The van der Waals surface area contributed by atoms with Gasteiger partial charge in [-0.1, -0.05) is 6.92 Å². The van der Waals surface area contributed by atoms with Gasteiger partial charge in [-0.2, -0.15) is 11.8 Å². The summed E-state index contributed by atoms with van der Waals surface area (Å²) >= 11 is 3.62. The van der Waals surface area contributed by atoms with Crippen molar-refractivity contribution in [3.63, 3.8) is 0 Å². The van der Waals surface area contributed by atoms with Crippen LogP contribution in [-0.2, 0) is 6.54 Å². The van der Waals surface area contributed by atoms with E-state index in [1.165, 1.54) is 23.3 Å². The van der Waals surface area contributed by atoms with Crippen molar-refractivity contribution < 1.29 is 5.11 Å². The van der Waals surface area contributed by atoms with Gasteiger partial charge in [-0.15, -0.1) is 11.3 Å². The van der Waals surface area contributed by atoms with E-state index in [0.29, 0.717) is 11.8 Å². The highest BCUT2D eigenvalue weighted by Gasteiger charge is 2.45. The van der Waals surface area contributed by atoms with Crippen molar-refractivity contribution in [2.24, 2.45) is 0 Å². The van der Waals surface area contributed by atoms with E-state index in [1.807, 2.05) is 11.8 Å². The summed E-state index contributed by atoms with van der Waals surface area (Å²) < 4.78 is 0. The molecule has 2 aromatic rings. The van der Waals surface area contributed by atoms with Gasteiger partial charge in [0.15, 0.2) is 0 Å². The van der Waals surface area contributed by atoms with Crippen LogP contribution in [0.3, 0.4) is 0 Å². The summed E-state index contributed by atoms with van der Waals surface area (Å²) in [5.74, 6) is 2.85. The highest BCUT2D eigenvalue weighted by Crippen LogP contribution is 2.42. The number of thioether (sulfide) groups is 1. The molecule has 2 N–H and O–H groups in total. The number of thiophene rings is 1. The third-order valence-electron chi connectivity index (χ3n) is 6.01. The minimum absolute atomic E-state index is 0.335. The van der Waals surface area contributed by atoms with Gasteiger partial charge in [-0.05, 0) is 63.9 Å². The molecular weight excluding hydrogens is 376 g/mol. The third kappa shape index (κ3) is 3.84. The second-order valence-electron chi connectivity index (χ2n) is 7.87. The van der Waals surface area contributed by atoms with Gasteiger partial charge in [0, 0.05) is 16.7 Å². The lowest BCUT2D eigenvalue weighted by molar-refractivity contribution is -0.0120. The molecule has 2 atom stereocenters. The Hall–Kier alpha value is -0.890. The minimum Gasteiger partial charge on any atom is -0.387 e. The van der Waals surface area contributed by atoms with Gasteiger partial charge in [0.05, 0.1) is 17.5 Å². The Kier molecular flexibility index (Phi) is 5.65. The smallest absolute Gasteiger partial charge is 0.146 e. The van der Waals surface area contributed by atoms with Crippen molar-refractivity contribution in [1.29, 1.82) is 0 Å². The standard InChI is InChI=1S/C20H30N4OS2/c1-4-26-15-7-8-20(15,25)12-21-18-17-13(2)14(3)27-19(17)23-16(22-18)11-24-9-5-6-10-24/h15,25H,4-12H2,1-3H3,(H,21,22,23). The molecule has 1 saturated heterocycles. The summed E-state index contributed by atoms with van der Waals surface area (Å²) in [4.78, 5) is 14.6. The van der Waals surface area contributed by atoms with Gasteiger partial charge in [0.2, 0.25) is 0 Å². The number of anilines is 1. The van der Waals surface area contributed by atoms with E-state index in [2.05, 4.69) is 31.0 Å². The molecule has 1 aliphatic heterocycles. The summed E-state index contributed by atoms with van der Waals surface area (Å²) in [6.07, 6.45) is 4.52. The van der Waals surface area contributed by atoms with E-state index in [-0.39, 0.29) is 0 Å². The lowest BCUT2D eigenvalue weighted by atomic mass is 9.79. The fourth-order valence-corrected chi connectivity index (χ4v) is 6.35. The lowest BCUT2D eigenvalue weighted by Crippen LogP contribution is -2.54. The number of rotatable bonds is 7. The SMILES string of the molecule is CCSC1CCC1(O)CNc1nc(CN2CCCC2)nc2sc(C)c(C)c12. The van der Waals surface area contributed by atoms with Crippen LogP contribution in [-0.4, -0.2) is 56.2 Å². The maximum absolute atomic E-state index is 11.0. The molecule has 0 radical (unpaired) electrons. The number of aliphatic hydroxyl groups is 1. The third-order valence-corrected chi connectivity index (χ3v) is 8.52. The second-order valence-corrected chi connectivity index (χ2v) is 10.6. The number of nitrogens with zero attached hydrogens (tertiary/aromatic N) is 3. The Morgan fingerprint density at radius 3 is 2.74 bits per heavy atom. The first-order chi connectivity index (χ1) is 13.0. The molecule has 5 nitrogen and oxygen atoms in total. The first-order valence-electron chi connectivity index (χ1n) is 10.1. The molecule has 0 aromatic carbocycles. The minimum atomic E-state index is -0.619. The van der Waals surface area contributed by atoms with Crippen molar-refractivity contribution in [2.45, 2.75) is 63.9 Å². The number of aromatic nitrogens is 2. The molecule has 2 aliphatic rings. The topological polar surface area (TPSA) is 61.3 Å². The summed E-state index contributed by atoms with van der Waals surface area (Å²) in [5, 5.41) is 16.0. The van der Waals surface area contributed by atoms with Gasteiger partial charge in [0.25, 0.3) is 0 Å². The van der Waals surface area contributed by atoms with Crippen LogP contribution in [0, 0.1) is 13.8 Å². The molecular formula is C20H30N4OS2. The Bertz CT molecular complexity index is 818. The molecule has 1 aliphatic carbocycles. The van der Waals surface area contributed by atoms with Crippen LogP contribution in [0.1, 0.15) is 48.9 Å². The number of fused-ring (bicyclic) bond motifs is 1. The predicted octanol–water partition coefficient (Wildman–Crippen LogP) is 3.96. The van der Waals surface area contributed by atoms with Gasteiger partial charge >= 0.3 is 0 Å². The van der Waals surface area contributed by atoms with Crippen molar-refractivity contribution >= 4 is 39.1 Å². The van der Waals surface area contributed by atoms with Gasteiger partial charge < -0.3 is 10.4 Å². The quantitative estimate of drug-likeness (QED) is 0.726. The van der Waals surface area contributed by atoms with E-state index in [4.69, 9.17) is 9.97 Å². The fraction of sp³-hybridized carbons (Fsp3) is 0.700. The molecule has 1 saturated carbocycles. The molecule has 2 fully saturated rings. The lowest BCUT2D eigenvalue weighted by Gasteiger charge is -2.45. The van der Waals surface area contributed by atoms with Crippen LogP contribution < -0.4 is 5.32 Å². The number of nitrogens with one attached hydrogen (secondary N) is 1. The second kappa shape index (κ2) is 7.85. The summed E-state index contributed by atoms with van der Waals surface area (Å²) in [6.45, 7) is 10.1. The molecule has 0 bridgehead atoms. The molecule has 4 rings (SSSR count). The molecule has 148 valence electrons. The van der Waals surface area contributed by atoms with Crippen molar-refractivity contribution in [3.8, 4) is 0 Å². The molecule has 0 amide bonds. The van der Waals surface area contributed by atoms with Crippen LogP contribution in [0.5, 0.6) is 0 Å². The van der Waals surface area contributed by atoms with Crippen molar-refractivity contribution in [1.82, 2.24) is 14.9 Å². The number of hydrogen-bond donors (Lipinski definition) is 2. The largest absolute Gasteiger partial charge is 0.387 e. The van der Waals surface area contributed by atoms with E-state index >= 15 is 0 Å². The molecule has 3 heterocycles. The van der Waals surface area contributed by atoms with Crippen LogP contribution in [0.25, 0.3) is 10.2 Å². The van der Waals surface area contributed by atoms with Gasteiger partial charge in [0.1, 0.15) is 16.5 Å². The number of likely N-dealkylation sites (tertiary alicyclic amines) is 1. The molecule has 2 aromatic heterocycles. The summed E-state index contributed by atoms with van der Waals surface area (Å²) in [6, 6.07) is 0. The van der Waals surface area contributed by atoms with Crippen molar-refractivity contribution in [2.75, 3.05) is 30.7 Å². The van der Waals surface area contributed by atoms with Gasteiger partial charge in [-0.3, -0.25) is 4.90 Å². The van der Waals surface area contributed by atoms with Crippen LogP contribution >= 0.6 is 23.1 Å². The zero-order chi connectivity index (χ0) is 19.0. The van der Waals surface area contributed by atoms with Crippen LogP contribution in [0.2, 0.25) is 0 Å². The number of hydrogen-bond acceptors (Lipinski definition) is 7. The highest BCUT2D eigenvalue weighted by atomic mass is 32.2. The molecule has 0 spiro atoms. The molecule has 2 unspecified atom stereocenters. The van der Waals surface area contributed by atoms with Gasteiger partial charge in [-0.25, -0.2) is 9.97 Å². The fourth-order valence-electron chi connectivity index (χ4n) is 4.11. The van der Waals surface area contributed by atoms with E-state index < -0.39 is 5.60 Å². The Balaban J connectivity index is 1.59. The van der Waals surface area contributed by atoms with Crippen LogP contribution in [0.15, 0.2) is 0 Å². The first-order valence-corrected chi connectivity index (χ1v) is 11.9. The Morgan fingerprint density at radius 1 is 1.30 bits per heavy atom. The highest BCUT2D eigenvalue weighted by molar-refractivity contribution is 8.00. The maximum atomic E-state index is 11.0. The first kappa shape index (κ1) is 19.4. The van der Waals surface area contributed by atoms with E-state index in [9.17, 15) is 5.11 Å². The monoisotopic (exact) mass is 406 g/mol. The maximum Gasteiger partial charge on any atom is 0.146 e. The normalized spacial score (nSPS) is 25.9. The van der Waals surface area contributed by atoms with E-state index in [0.717, 1.165) is 60.1 Å². The summed E-state index contributed by atoms with van der Waals surface area (Å²) in [7, 11) is 0. The van der Waals surface area contributed by atoms with E-state index in [1.54, 1.807) is 11.3 Å². The average Bonchev–Trinajstić information content (AvgIpc) is 3.25. The zero-order valence-electron chi connectivity index (χ0n) is 16.5. The average molecular weight is 407 g/mol. The number of aryl methyl sites for hydroxylation is 2. The predicted molar refractivity (Wildman–Crippen MR) is 116 cm³/mol. The van der Waals surface area contributed by atoms with Crippen molar-refractivity contribution in [3.05, 3.63) is 16.3 Å². The molecule has 27 heavy (non-hydrogen) atoms. The van der Waals surface area contributed by atoms with Crippen LogP contribution in [0.4, 0.5) is 5.82 Å². The Morgan fingerprint density at radius 2 is 2.07 bits per heavy atom. The molecule has 7 heteroatoms.